The Morgan fingerprint density at radius 1 is 0.543 bits per heavy atom. The smallest absolute Gasteiger partial charge is 0.296 e. The standard InChI is InChI=1S/C16H11Cl2FN2O2.C16H11ClF2N2O2/c17-12-5-2-1-4-10(12)8-15-20-23-16(22)21(15)9-11-13(18)6-3-7-14(11)19;17-12-5-3-7-14(19)11(12)9-21-15(20-23-16(21)22)8-10-4-1-2-6-13(10)18/h2*1-7H,8-9H2. The van der Waals surface area contributed by atoms with Gasteiger partial charge in [0, 0.05) is 39.0 Å². The van der Waals surface area contributed by atoms with Gasteiger partial charge in [-0.1, -0.05) is 93.6 Å². The van der Waals surface area contributed by atoms with Crippen LogP contribution >= 0.6 is 34.8 Å². The average Bonchev–Trinajstić information content (AvgIpc) is 3.55. The van der Waals surface area contributed by atoms with E-state index in [-0.39, 0.29) is 52.9 Å². The molecule has 0 atom stereocenters. The first-order chi connectivity index (χ1) is 22.1. The van der Waals surface area contributed by atoms with Crippen molar-refractivity contribution in [3.63, 3.8) is 0 Å². The second-order valence-corrected chi connectivity index (χ2v) is 11.1. The minimum Gasteiger partial charge on any atom is -0.296 e. The molecule has 14 heteroatoms. The Bertz CT molecular complexity index is 1920. The molecule has 2 aromatic heterocycles. The molecule has 0 saturated heterocycles. The third kappa shape index (κ3) is 7.61. The quantitative estimate of drug-likeness (QED) is 0.166. The first-order valence-electron chi connectivity index (χ1n) is 13.6. The van der Waals surface area contributed by atoms with Gasteiger partial charge in [-0.2, -0.15) is 0 Å². The van der Waals surface area contributed by atoms with Crippen LogP contribution in [0.5, 0.6) is 0 Å². The highest BCUT2D eigenvalue weighted by Crippen LogP contribution is 2.23. The van der Waals surface area contributed by atoms with E-state index in [1.807, 2.05) is 12.1 Å². The van der Waals surface area contributed by atoms with Gasteiger partial charge in [0.1, 0.15) is 17.5 Å². The van der Waals surface area contributed by atoms with Crippen molar-refractivity contribution in [1.29, 1.82) is 0 Å². The molecule has 236 valence electrons. The molecule has 0 spiro atoms. The Kier molecular flexibility index (Phi) is 10.5. The number of hydrogen-bond acceptors (Lipinski definition) is 6. The zero-order valence-electron chi connectivity index (χ0n) is 23.6. The van der Waals surface area contributed by atoms with E-state index in [1.54, 1.807) is 36.4 Å². The molecule has 2 heterocycles. The van der Waals surface area contributed by atoms with E-state index in [0.717, 1.165) is 10.1 Å². The molecule has 0 aliphatic heterocycles. The van der Waals surface area contributed by atoms with Crippen LogP contribution in [-0.2, 0) is 25.9 Å². The summed E-state index contributed by atoms with van der Waals surface area (Å²) in [7, 11) is 0. The van der Waals surface area contributed by atoms with E-state index in [0.29, 0.717) is 16.4 Å². The summed E-state index contributed by atoms with van der Waals surface area (Å²) in [6, 6.07) is 21.9. The van der Waals surface area contributed by atoms with Crippen molar-refractivity contribution in [1.82, 2.24) is 19.4 Å². The number of hydrogen-bond donors (Lipinski definition) is 0. The summed E-state index contributed by atoms with van der Waals surface area (Å²) < 4.78 is 53.3. The number of halogens is 6. The lowest BCUT2D eigenvalue weighted by Crippen LogP contribution is -2.19. The predicted octanol–water partition coefficient (Wildman–Crippen LogP) is 7.33. The van der Waals surface area contributed by atoms with Crippen molar-refractivity contribution < 1.29 is 22.2 Å². The van der Waals surface area contributed by atoms with Crippen LogP contribution in [0.4, 0.5) is 13.2 Å². The highest BCUT2D eigenvalue weighted by atomic mass is 35.5. The number of nitrogens with zero attached hydrogens (tertiary/aromatic N) is 4. The van der Waals surface area contributed by atoms with Gasteiger partial charge in [0.15, 0.2) is 11.6 Å². The zero-order chi connectivity index (χ0) is 32.8. The van der Waals surface area contributed by atoms with Crippen molar-refractivity contribution in [2.75, 3.05) is 0 Å². The Morgan fingerprint density at radius 3 is 1.43 bits per heavy atom. The van der Waals surface area contributed by atoms with Crippen LogP contribution in [0, 0.1) is 17.5 Å². The fraction of sp³-hybridized carbons (Fsp3) is 0.125. The third-order valence-corrected chi connectivity index (χ3v) is 7.97. The maximum absolute atomic E-state index is 13.9. The fourth-order valence-corrected chi connectivity index (χ4v) is 5.11. The second-order valence-electron chi connectivity index (χ2n) is 9.84. The van der Waals surface area contributed by atoms with Gasteiger partial charge in [-0.15, -0.1) is 0 Å². The summed E-state index contributed by atoms with van der Waals surface area (Å²) in [5.41, 5.74) is 1.50. The molecule has 0 aliphatic rings. The molecular weight excluding hydrogens is 668 g/mol. The first-order valence-corrected chi connectivity index (χ1v) is 14.7. The molecule has 0 N–H and O–H groups in total. The molecular formula is C32H22Cl3F3N4O4. The van der Waals surface area contributed by atoms with Crippen LogP contribution < -0.4 is 11.5 Å². The van der Waals surface area contributed by atoms with Gasteiger partial charge in [-0.05, 0) is 47.5 Å². The summed E-state index contributed by atoms with van der Waals surface area (Å²) in [4.78, 5) is 23.7. The first kappa shape index (κ1) is 32.8. The third-order valence-electron chi connectivity index (χ3n) is 6.89. The molecule has 0 radical (unpaired) electrons. The second kappa shape index (κ2) is 14.7. The van der Waals surface area contributed by atoms with Crippen molar-refractivity contribution in [3.8, 4) is 0 Å². The van der Waals surface area contributed by atoms with E-state index in [9.17, 15) is 22.8 Å². The average molecular weight is 690 g/mol. The minimum atomic E-state index is -0.754. The summed E-state index contributed by atoms with van der Waals surface area (Å²) in [5, 5.41) is 8.39. The molecule has 6 aromatic rings. The molecule has 0 aliphatic carbocycles. The normalized spacial score (nSPS) is 10.9. The maximum Gasteiger partial charge on any atom is 0.441 e. The molecule has 6 rings (SSSR count). The van der Waals surface area contributed by atoms with Gasteiger partial charge in [-0.25, -0.2) is 22.8 Å². The highest BCUT2D eigenvalue weighted by Gasteiger charge is 2.18. The van der Waals surface area contributed by atoms with Crippen molar-refractivity contribution in [2.45, 2.75) is 25.9 Å². The molecule has 0 saturated carbocycles. The Hall–Kier alpha value is -4.58. The predicted molar refractivity (Wildman–Crippen MR) is 166 cm³/mol. The van der Waals surface area contributed by atoms with Gasteiger partial charge in [0.25, 0.3) is 0 Å². The molecule has 46 heavy (non-hydrogen) atoms. The summed E-state index contributed by atoms with van der Waals surface area (Å²) in [6.07, 6.45) is 0.335. The lowest BCUT2D eigenvalue weighted by Gasteiger charge is -2.08. The van der Waals surface area contributed by atoms with Crippen LogP contribution in [0.15, 0.2) is 104 Å². The van der Waals surface area contributed by atoms with Crippen molar-refractivity contribution in [2.24, 2.45) is 0 Å². The van der Waals surface area contributed by atoms with E-state index >= 15 is 0 Å². The van der Waals surface area contributed by atoms with Crippen molar-refractivity contribution >= 4 is 34.8 Å². The molecule has 4 aromatic carbocycles. The lowest BCUT2D eigenvalue weighted by molar-refractivity contribution is 0.374. The molecule has 0 amide bonds. The van der Waals surface area contributed by atoms with E-state index in [4.69, 9.17) is 39.3 Å². The summed E-state index contributed by atoms with van der Waals surface area (Å²) in [6.45, 7) is -0.203. The molecule has 0 bridgehead atoms. The summed E-state index contributed by atoms with van der Waals surface area (Å²) in [5.74, 6) is -2.33. The summed E-state index contributed by atoms with van der Waals surface area (Å²) >= 11 is 18.1. The zero-order valence-corrected chi connectivity index (χ0v) is 25.9. The van der Waals surface area contributed by atoms with E-state index < -0.39 is 29.0 Å². The minimum absolute atomic E-state index is 0.0461. The molecule has 0 unspecified atom stereocenters. The Labute approximate surface area is 274 Å². The highest BCUT2D eigenvalue weighted by molar-refractivity contribution is 6.32. The van der Waals surface area contributed by atoms with Crippen LogP contribution in [0.3, 0.4) is 0 Å². The van der Waals surface area contributed by atoms with Gasteiger partial charge in [0.05, 0.1) is 13.1 Å². The van der Waals surface area contributed by atoms with Gasteiger partial charge in [0.2, 0.25) is 0 Å². The van der Waals surface area contributed by atoms with Gasteiger partial charge in [-0.3, -0.25) is 18.2 Å². The van der Waals surface area contributed by atoms with E-state index in [2.05, 4.69) is 14.8 Å². The molecule has 8 nitrogen and oxygen atoms in total. The largest absolute Gasteiger partial charge is 0.441 e. The number of benzene rings is 4. The molecule has 0 fully saturated rings. The van der Waals surface area contributed by atoms with Crippen LogP contribution in [0.1, 0.15) is 33.9 Å². The SMILES string of the molecule is O=c1onc(Cc2ccccc2Cl)n1Cc1c(F)cccc1Cl.O=c1onc(Cc2ccccc2F)n1Cc1c(F)cccc1Cl. The van der Waals surface area contributed by atoms with Crippen LogP contribution in [0.2, 0.25) is 15.1 Å². The van der Waals surface area contributed by atoms with Crippen molar-refractivity contribution in [3.05, 3.63) is 172 Å². The fourth-order valence-electron chi connectivity index (χ4n) is 4.47. The van der Waals surface area contributed by atoms with Crippen LogP contribution in [-0.4, -0.2) is 19.4 Å². The monoisotopic (exact) mass is 688 g/mol. The lowest BCUT2D eigenvalue weighted by atomic mass is 10.1. The Balaban J connectivity index is 0.000000181. The Morgan fingerprint density at radius 2 is 0.957 bits per heavy atom. The topological polar surface area (TPSA) is 96.1 Å². The van der Waals surface area contributed by atoms with Gasteiger partial charge >= 0.3 is 11.5 Å². The van der Waals surface area contributed by atoms with Crippen LogP contribution in [0.25, 0.3) is 0 Å². The number of aromatic nitrogens is 4. The maximum atomic E-state index is 13.9. The van der Waals surface area contributed by atoms with Gasteiger partial charge < -0.3 is 0 Å². The number of rotatable bonds is 8. The van der Waals surface area contributed by atoms with E-state index in [1.165, 1.54) is 41.0 Å².